The number of hydrogen-bond acceptors (Lipinski definition) is 3. The number of halogens is 1. The average Bonchev–Trinajstić information content (AvgIpc) is 2.24. The Hall–Kier alpha value is -1.56. The van der Waals surface area contributed by atoms with E-state index in [-0.39, 0.29) is 13.0 Å². The van der Waals surface area contributed by atoms with E-state index >= 15 is 0 Å². The molecule has 0 spiro atoms. The fourth-order valence-electron chi connectivity index (χ4n) is 1.67. The zero-order valence-corrected chi connectivity index (χ0v) is 10.6. The first kappa shape index (κ1) is 14.5. The van der Waals surface area contributed by atoms with E-state index in [1.165, 1.54) is 6.92 Å². The van der Waals surface area contributed by atoms with Crippen LogP contribution in [0.1, 0.15) is 12.5 Å². The van der Waals surface area contributed by atoms with Crippen molar-refractivity contribution >= 4 is 19.3 Å². The lowest BCUT2D eigenvalue weighted by molar-refractivity contribution is -0.142. The zero-order valence-electron chi connectivity index (χ0n) is 10.6. The molecule has 0 aliphatic carbocycles. The minimum absolute atomic E-state index is 0.0122. The first-order valence-electron chi connectivity index (χ1n) is 5.67. The fourth-order valence-corrected chi connectivity index (χ4v) is 1.67. The molecular weight excluding hydrogens is 236 g/mol. The largest absolute Gasteiger partial charge is 0.491 e. The minimum atomic E-state index is -1.33. The van der Waals surface area contributed by atoms with Crippen molar-refractivity contribution in [1.29, 1.82) is 0 Å². The van der Waals surface area contributed by atoms with E-state index in [9.17, 15) is 9.18 Å². The van der Waals surface area contributed by atoms with Crippen molar-refractivity contribution in [3.63, 3.8) is 0 Å². The minimum Gasteiger partial charge on any atom is -0.491 e. The maximum absolute atomic E-state index is 12.0. The predicted molar refractivity (Wildman–Crippen MR) is 70.0 cm³/mol. The third-order valence-electron chi connectivity index (χ3n) is 2.52. The summed E-state index contributed by atoms with van der Waals surface area (Å²) in [6, 6.07) is 5.31. The number of carboxylic acids is 1. The first-order chi connectivity index (χ1) is 8.35. The van der Waals surface area contributed by atoms with Crippen molar-refractivity contribution in [3.05, 3.63) is 23.8 Å². The molecule has 0 aliphatic heterocycles. The van der Waals surface area contributed by atoms with Crippen LogP contribution < -0.4 is 15.9 Å². The van der Waals surface area contributed by atoms with E-state index in [4.69, 9.17) is 15.6 Å². The molecule has 0 unspecified atom stereocenters. The van der Waals surface area contributed by atoms with Gasteiger partial charge < -0.3 is 15.6 Å². The lowest BCUT2D eigenvalue weighted by Gasteiger charge is -2.20. The van der Waals surface area contributed by atoms with Gasteiger partial charge in [-0.1, -0.05) is 11.5 Å². The molecule has 0 amide bonds. The molecule has 0 radical (unpaired) electrons. The zero-order chi connectivity index (χ0) is 13.8. The van der Waals surface area contributed by atoms with E-state index in [2.05, 4.69) is 0 Å². The summed E-state index contributed by atoms with van der Waals surface area (Å²) in [5.41, 5.74) is 6.04. The van der Waals surface area contributed by atoms with Crippen molar-refractivity contribution < 1.29 is 19.0 Å². The van der Waals surface area contributed by atoms with Crippen LogP contribution in [0.4, 0.5) is 4.39 Å². The highest BCUT2D eigenvalue weighted by molar-refractivity contribution is 6.32. The van der Waals surface area contributed by atoms with Crippen LogP contribution in [0.5, 0.6) is 5.75 Å². The topological polar surface area (TPSA) is 72.6 Å². The summed E-state index contributed by atoms with van der Waals surface area (Å²) in [5, 5.41) is 8.98. The van der Waals surface area contributed by atoms with Gasteiger partial charge in [0.05, 0.1) is 0 Å². The molecular formula is C12H17BFNO3. The van der Waals surface area contributed by atoms with Crippen LogP contribution >= 0.6 is 0 Å². The molecule has 3 N–H and O–H groups in total. The van der Waals surface area contributed by atoms with Gasteiger partial charge in [-0.05, 0) is 24.6 Å². The van der Waals surface area contributed by atoms with Crippen LogP contribution in [-0.2, 0) is 11.2 Å². The van der Waals surface area contributed by atoms with Crippen LogP contribution in [0.15, 0.2) is 18.2 Å². The Morgan fingerprint density at radius 2 is 2.22 bits per heavy atom. The molecule has 1 rings (SSSR count). The highest BCUT2D eigenvalue weighted by Crippen LogP contribution is 2.16. The molecule has 0 bridgehead atoms. The number of carboxylic acid groups (broad SMARTS) is 1. The molecule has 0 aliphatic rings. The van der Waals surface area contributed by atoms with Gasteiger partial charge in [0.15, 0.2) is 0 Å². The Morgan fingerprint density at radius 3 is 2.78 bits per heavy atom. The quantitative estimate of drug-likeness (QED) is 0.679. The van der Waals surface area contributed by atoms with Crippen LogP contribution in [0.25, 0.3) is 0 Å². The lowest BCUT2D eigenvalue weighted by Crippen LogP contribution is -2.46. The molecule has 98 valence electrons. The standard InChI is InChI=1S/C12H17BFNO3/c1-12(15,11(16)17)7-8-4-9(13)6-10(5-8)18-3-2-14/h4-6H,2-3,7,13,15H2,1H3,(H,16,17)/t12-/m0/s1. The van der Waals surface area contributed by atoms with Gasteiger partial charge in [-0.2, -0.15) is 0 Å². The number of rotatable bonds is 6. The molecule has 0 aromatic heterocycles. The number of aliphatic carboxylic acids is 1. The second kappa shape index (κ2) is 5.86. The number of ether oxygens (including phenoxy) is 1. The summed E-state index contributed by atoms with van der Waals surface area (Å²) in [6.07, 6.45) is 0.190. The molecule has 0 saturated carbocycles. The van der Waals surface area contributed by atoms with Crippen molar-refractivity contribution in [2.75, 3.05) is 13.3 Å². The maximum atomic E-state index is 12.0. The third-order valence-corrected chi connectivity index (χ3v) is 2.52. The van der Waals surface area contributed by atoms with Crippen molar-refractivity contribution in [3.8, 4) is 5.75 Å². The smallest absolute Gasteiger partial charge is 0.323 e. The number of nitrogens with two attached hydrogens (primary N) is 1. The second-order valence-corrected chi connectivity index (χ2v) is 4.59. The summed E-state index contributed by atoms with van der Waals surface area (Å²) in [4.78, 5) is 11.0. The number of benzene rings is 1. The Bertz CT molecular complexity index is 437. The van der Waals surface area contributed by atoms with Crippen LogP contribution in [0.3, 0.4) is 0 Å². The summed E-state index contributed by atoms with van der Waals surface area (Å²) in [5.74, 6) is -0.529. The molecule has 18 heavy (non-hydrogen) atoms. The van der Waals surface area contributed by atoms with Gasteiger partial charge in [-0.3, -0.25) is 4.79 Å². The number of carbonyl (C=O) groups is 1. The Balaban J connectivity index is 2.89. The number of hydrogen-bond donors (Lipinski definition) is 2. The average molecular weight is 253 g/mol. The van der Waals surface area contributed by atoms with Crippen molar-refractivity contribution in [2.45, 2.75) is 18.9 Å². The van der Waals surface area contributed by atoms with Gasteiger partial charge >= 0.3 is 5.97 Å². The summed E-state index contributed by atoms with van der Waals surface area (Å²) >= 11 is 0. The van der Waals surface area contributed by atoms with E-state index in [1.807, 2.05) is 13.9 Å². The highest BCUT2D eigenvalue weighted by atomic mass is 19.1. The van der Waals surface area contributed by atoms with E-state index < -0.39 is 18.2 Å². The Morgan fingerprint density at radius 1 is 1.56 bits per heavy atom. The molecule has 1 atom stereocenters. The van der Waals surface area contributed by atoms with Gasteiger partial charge in [0, 0.05) is 6.42 Å². The van der Waals surface area contributed by atoms with Crippen LogP contribution in [0, 0.1) is 0 Å². The third kappa shape index (κ3) is 4.03. The normalized spacial score (nSPS) is 13.9. The molecule has 0 saturated heterocycles. The van der Waals surface area contributed by atoms with Gasteiger partial charge in [0.25, 0.3) is 0 Å². The fraction of sp³-hybridized carbons (Fsp3) is 0.417. The molecule has 1 aromatic rings. The molecule has 0 fully saturated rings. The summed E-state index contributed by atoms with van der Waals surface area (Å²) in [6.45, 7) is 0.883. The SMILES string of the molecule is Bc1cc(C[C@](C)(N)C(=O)O)cc(OCCF)c1. The van der Waals surface area contributed by atoms with Crippen LogP contribution in [0.2, 0.25) is 0 Å². The van der Waals surface area contributed by atoms with Gasteiger partial charge in [-0.15, -0.1) is 0 Å². The summed E-state index contributed by atoms with van der Waals surface area (Å²) in [7, 11) is 1.86. The van der Waals surface area contributed by atoms with Crippen molar-refractivity contribution in [1.82, 2.24) is 0 Å². The van der Waals surface area contributed by atoms with E-state index in [1.54, 1.807) is 12.1 Å². The van der Waals surface area contributed by atoms with Gasteiger partial charge in [0.1, 0.15) is 32.4 Å². The summed E-state index contributed by atoms with van der Waals surface area (Å²) < 4.78 is 17.2. The second-order valence-electron chi connectivity index (χ2n) is 4.59. The first-order valence-corrected chi connectivity index (χ1v) is 5.67. The van der Waals surface area contributed by atoms with Crippen molar-refractivity contribution in [2.24, 2.45) is 5.73 Å². The van der Waals surface area contributed by atoms with E-state index in [0.29, 0.717) is 5.75 Å². The lowest BCUT2D eigenvalue weighted by atomic mass is 9.88. The predicted octanol–water partition coefficient (Wildman–Crippen LogP) is -0.362. The number of alkyl halides is 1. The van der Waals surface area contributed by atoms with Crippen LogP contribution in [-0.4, -0.2) is 37.7 Å². The Kier molecular flexibility index (Phi) is 4.72. The van der Waals surface area contributed by atoms with Gasteiger partial charge in [0.2, 0.25) is 0 Å². The molecule has 0 heterocycles. The Labute approximate surface area is 106 Å². The monoisotopic (exact) mass is 253 g/mol. The molecule has 1 aromatic carbocycles. The molecule has 4 nitrogen and oxygen atoms in total. The molecule has 6 heteroatoms. The van der Waals surface area contributed by atoms with E-state index in [0.717, 1.165) is 11.0 Å². The maximum Gasteiger partial charge on any atom is 0.323 e. The van der Waals surface area contributed by atoms with Gasteiger partial charge in [-0.25, -0.2) is 4.39 Å². The highest BCUT2D eigenvalue weighted by Gasteiger charge is 2.28.